The lowest BCUT2D eigenvalue weighted by Crippen LogP contribution is -2.29. The number of thiazole rings is 1. The van der Waals surface area contributed by atoms with E-state index >= 15 is 0 Å². The summed E-state index contributed by atoms with van der Waals surface area (Å²) in [5.41, 5.74) is 2.83. The number of ether oxygens (including phenoxy) is 2. The number of aromatic nitrogens is 1. The molecule has 8 nitrogen and oxygen atoms in total. The zero-order valence-electron chi connectivity index (χ0n) is 20.9. The molecule has 1 fully saturated rings. The fraction of sp³-hybridized carbons (Fsp3) is 0.172. The Labute approximate surface area is 222 Å². The summed E-state index contributed by atoms with van der Waals surface area (Å²) in [5, 5.41) is 11.6. The average molecular weight is 529 g/mol. The van der Waals surface area contributed by atoms with Crippen molar-refractivity contribution in [3.05, 3.63) is 94.6 Å². The van der Waals surface area contributed by atoms with E-state index in [9.17, 15) is 19.5 Å². The van der Waals surface area contributed by atoms with Crippen molar-refractivity contribution in [3.63, 3.8) is 0 Å². The predicted molar refractivity (Wildman–Crippen MR) is 145 cm³/mol. The van der Waals surface area contributed by atoms with Crippen LogP contribution in [0.5, 0.6) is 5.75 Å². The van der Waals surface area contributed by atoms with Crippen molar-refractivity contribution in [2.45, 2.75) is 19.9 Å². The van der Waals surface area contributed by atoms with Crippen LogP contribution in [0.25, 0.3) is 16.0 Å². The summed E-state index contributed by atoms with van der Waals surface area (Å²) in [5.74, 6) is -1.75. The standard InChI is InChI=1S/C29H24N2O6S/c1-4-37-20-13-14-21-22(15-20)38-29(30-21)31-24(17-9-11-19(12-10-17)28(35)36-3)23(26(33)27(31)34)25(32)18-7-5-16(2)6-8-18/h5-15,24,32H,4H2,1-3H3/t24-/m0/s1. The third kappa shape index (κ3) is 4.41. The second kappa shape index (κ2) is 10.1. The number of esters is 1. The Kier molecular flexibility index (Phi) is 6.69. The van der Waals surface area contributed by atoms with Gasteiger partial charge >= 0.3 is 11.9 Å². The smallest absolute Gasteiger partial charge is 0.337 e. The van der Waals surface area contributed by atoms with Crippen molar-refractivity contribution >= 4 is 50.1 Å². The SMILES string of the molecule is CCOc1ccc2nc(N3C(=O)C(=O)C(=C(O)c4ccc(C)cc4)[C@@H]3c3ccc(C(=O)OC)cc3)sc2c1. The number of Topliss-reactive ketones (excluding diaryl/α,β-unsaturated/α-hetero) is 1. The maximum absolute atomic E-state index is 13.5. The van der Waals surface area contributed by atoms with Gasteiger partial charge in [0.15, 0.2) is 5.13 Å². The summed E-state index contributed by atoms with van der Waals surface area (Å²) in [4.78, 5) is 44.8. The molecule has 1 atom stereocenters. The van der Waals surface area contributed by atoms with Gasteiger partial charge in [0.25, 0.3) is 5.78 Å². The molecule has 38 heavy (non-hydrogen) atoms. The first-order valence-electron chi connectivity index (χ1n) is 11.9. The van der Waals surface area contributed by atoms with Gasteiger partial charge in [-0.1, -0.05) is 53.3 Å². The minimum Gasteiger partial charge on any atom is -0.507 e. The Morgan fingerprint density at radius 2 is 1.71 bits per heavy atom. The number of carbonyl (C=O) groups excluding carboxylic acids is 3. The summed E-state index contributed by atoms with van der Waals surface area (Å²) >= 11 is 1.25. The number of methoxy groups -OCH3 is 1. The molecule has 0 radical (unpaired) electrons. The van der Waals surface area contributed by atoms with Crippen LogP contribution in [0.3, 0.4) is 0 Å². The van der Waals surface area contributed by atoms with Crippen LogP contribution in [0.2, 0.25) is 0 Å². The number of hydrogen-bond donors (Lipinski definition) is 1. The van der Waals surface area contributed by atoms with E-state index < -0.39 is 23.7 Å². The van der Waals surface area contributed by atoms with Gasteiger partial charge in [0.05, 0.1) is 41.1 Å². The number of benzene rings is 3. The molecule has 0 unspecified atom stereocenters. The molecule has 1 aromatic heterocycles. The van der Waals surface area contributed by atoms with Crippen molar-refractivity contribution in [1.29, 1.82) is 0 Å². The zero-order chi connectivity index (χ0) is 27.0. The van der Waals surface area contributed by atoms with Crippen LogP contribution in [0.4, 0.5) is 5.13 Å². The first kappa shape index (κ1) is 25.2. The predicted octanol–water partition coefficient (Wildman–Crippen LogP) is 5.42. The molecule has 0 spiro atoms. The van der Waals surface area contributed by atoms with Crippen LogP contribution < -0.4 is 9.64 Å². The largest absolute Gasteiger partial charge is 0.507 e. The highest BCUT2D eigenvalue weighted by Crippen LogP contribution is 2.44. The van der Waals surface area contributed by atoms with Gasteiger partial charge < -0.3 is 14.6 Å². The molecule has 0 aliphatic carbocycles. The first-order chi connectivity index (χ1) is 18.3. The molecule has 9 heteroatoms. The summed E-state index contributed by atoms with van der Waals surface area (Å²) in [7, 11) is 1.29. The number of ketones is 1. The average Bonchev–Trinajstić information content (AvgIpc) is 3.46. The number of amides is 1. The van der Waals surface area contributed by atoms with Crippen molar-refractivity contribution in [1.82, 2.24) is 4.98 Å². The first-order valence-corrected chi connectivity index (χ1v) is 12.7. The number of fused-ring (bicyclic) bond motifs is 1. The van der Waals surface area contributed by atoms with Gasteiger partial charge in [-0.2, -0.15) is 0 Å². The van der Waals surface area contributed by atoms with Crippen molar-refractivity contribution < 1.29 is 29.0 Å². The van der Waals surface area contributed by atoms with E-state index in [1.54, 1.807) is 48.5 Å². The van der Waals surface area contributed by atoms with Gasteiger partial charge in [-0.15, -0.1) is 0 Å². The molecule has 192 valence electrons. The number of nitrogens with zero attached hydrogens (tertiary/aromatic N) is 2. The third-order valence-corrected chi connectivity index (χ3v) is 7.30. The highest BCUT2D eigenvalue weighted by Gasteiger charge is 2.48. The van der Waals surface area contributed by atoms with E-state index in [2.05, 4.69) is 4.98 Å². The van der Waals surface area contributed by atoms with Gasteiger partial charge in [0.1, 0.15) is 11.5 Å². The summed E-state index contributed by atoms with van der Waals surface area (Å²) < 4.78 is 11.2. The Balaban J connectivity index is 1.68. The molecular weight excluding hydrogens is 504 g/mol. The molecule has 5 rings (SSSR count). The summed E-state index contributed by atoms with van der Waals surface area (Å²) in [6, 6.07) is 17.9. The van der Waals surface area contributed by atoms with Gasteiger partial charge in [-0.05, 0) is 49.7 Å². The molecule has 3 aromatic carbocycles. The lowest BCUT2D eigenvalue weighted by Gasteiger charge is -2.23. The topological polar surface area (TPSA) is 106 Å². The Morgan fingerprint density at radius 3 is 2.37 bits per heavy atom. The molecule has 1 aliphatic rings. The highest BCUT2D eigenvalue weighted by atomic mass is 32.1. The second-order valence-electron chi connectivity index (χ2n) is 8.71. The number of hydrogen-bond acceptors (Lipinski definition) is 8. The fourth-order valence-electron chi connectivity index (χ4n) is 4.38. The molecule has 0 bridgehead atoms. The van der Waals surface area contributed by atoms with Gasteiger partial charge in [-0.3, -0.25) is 14.5 Å². The van der Waals surface area contributed by atoms with E-state index in [1.807, 2.05) is 32.0 Å². The molecule has 1 amide bonds. The maximum Gasteiger partial charge on any atom is 0.337 e. The Morgan fingerprint density at radius 1 is 1.03 bits per heavy atom. The number of rotatable bonds is 6. The molecule has 2 heterocycles. The number of aryl methyl sites for hydroxylation is 1. The lowest BCUT2D eigenvalue weighted by molar-refractivity contribution is -0.132. The molecular formula is C29H24N2O6S. The van der Waals surface area contributed by atoms with Crippen LogP contribution in [0, 0.1) is 6.92 Å². The van der Waals surface area contributed by atoms with Crippen LogP contribution in [0.1, 0.15) is 40.0 Å². The molecule has 1 aliphatic heterocycles. The molecule has 1 N–H and O–H groups in total. The van der Waals surface area contributed by atoms with Crippen LogP contribution in [-0.2, 0) is 14.3 Å². The number of anilines is 1. The lowest BCUT2D eigenvalue weighted by atomic mass is 9.94. The maximum atomic E-state index is 13.5. The molecule has 4 aromatic rings. The van der Waals surface area contributed by atoms with E-state index in [0.717, 1.165) is 10.3 Å². The van der Waals surface area contributed by atoms with E-state index in [0.29, 0.717) is 39.7 Å². The highest BCUT2D eigenvalue weighted by molar-refractivity contribution is 7.22. The third-order valence-electron chi connectivity index (χ3n) is 6.28. The fourth-order valence-corrected chi connectivity index (χ4v) is 5.40. The van der Waals surface area contributed by atoms with Crippen molar-refractivity contribution in [2.75, 3.05) is 18.6 Å². The van der Waals surface area contributed by atoms with Gasteiger partial charge in [0, 0.05) is 5.56 Å². The minimum atomic E-state index is -0.963. The van der Waals surface area contributed by atoms with Gasteiger partial charge in [-0.25, -0.2) is 9.78 Å². The molecule has 1 saturated heterocycles. The number of aliphatic hydroxyl groups is 1. The van der Waals surface area contributed by atoms with Gasteiger partial charge in [0.2, 0.25) is 0 Å². The van der Waals surface area contributed by atoms with E-state index in [1.165, 1.54) is 23.3 Å². The Bertz CT molecular complexity index is 1590. The quantitative estimate of drug-likeness (QED) is 0.154. The summed E-state index contributed by atoms with van der Waals surface area (Å²) in [6.07, 6.45) is 0. The normalized spacial score (nSPS) is 16.7. The van der Waals surface area contributed by atoms with Crippen LogP contribution in [-0.4, -0.2) is 41.5 Å². The van der Waals surface area contributed by atoms with E-state index in [-0.39, 0.29) is 11.3 Å². The minimum absolute atomic E-state index is 0.0565. The number of aliphatic hydroxyl groups excluding tert-OH is 1. The Hall–Kier alpha value is -4.50. The van der Waals surface area contributed by atoms with Crippen molar-refractivity contribution in [2.24, 2.45) is 0 Å². The molecule has 0 saturated carbocycles. The second-order valence-corrected chi connectivity index (χ2v) is 9.72. The number of carbonyl (C=O) groups is 3. The van der Waals surface area contributed by atoms with Crippen molar-refractivity contribution in [3.8, 4) is 5.75 Å². The van der Waals surface area contributed by atoms with E-state index in [4.69, 9.17) is 9.47 Å². The van der Waals surface area contributed by atoms with Crippen LogP contribution in [0.15, 0.2) is 72.3 Å². The monoisotopic (exact) mass is 528 g/mol. The zero-order valence-corrected chi connectivity index (χ0v) is 21.7. The van der Waals surface area contributed by atoms with Crippen LogP contribution >= 0.6 is 11.3 Å². The summed E-state index contributed by atoms with van der Waals surface area (Å²) in [6.45, 7) is 4.31.